The lowest BCUT2D eigenvalue weighted by atomic mass is 10.2. The molecule has 0 aliphatic rings. The van der Waals surface area contributed by atoms with E-state index in [4.69, 9.17) is 28.9 Å². The largest absolute Gasteiger partial charge is 0.369 e. The highest BCUT2D eigenvalue weighted by Crippen LogP contribution is 2.29. The zero-order valence-corrected chi connectivity index (χ0v) is 8.60. The third-order valence-electron chi connectivity index (χ3n) is 1.80. The Morgan fingerprint density at radius 3 is 2.64 bits per heavy atom. The number of halogens is 2. The van der Waals surface area contributed by atoms with Gasteiger partial charge in [0, 0.05) is 16.8 Å². The first-order valence-electron chi connectivity index (χ1n) is 3.93. The summed E-state index contributed by atoms with van der Waals surface area (Å²) in [7, 11) is 0. The fourth-order valence-corrected chi connectivity index (χ4v) is 1.68. The van der Waals surface area contributed by atoms with Crippen LogP contribution in [0.1, 0.15) is 0 Å². The molecule has 0 spiro atoms. The summed E-state index contributed by atoms with van der Waals surface area (Å²) in [6.45, 7) is 0. The molecule has 2 rings (SSSR count). The molecular formula is C9H7Cl2N3. The van der Waals surface area contributed by atoms with Crippen LogP contribution in [0.5, 0.6) is 0 Å². The van der Waals surface area contributed by atoms with Crippen molar-refractivity contribution in [2.24, 2.45) is 0 Å². The summed E-state index contributed by atoms with van der Waals surface area (Å²) in [5.41, 5.74) is 6.98. The van der Waals surface area contributed by atoms with E-state index >= 15 is 0 Å². The third-order valence-corrected chi connectivity index (χ3v) is 2.35. The van der Waals surface area contributed by atoms with Crippen LogP contribution in [-0.2, 0) is 0 Å². The molecule has 1 aromatic carbocycles. The zero-order valence-electron chi connectivity index (χ0n) is 7.09. The van der Waals surface area contributed by atoms with Crippen LogP contribution < -0.4 is 5.73 Å². The Balaban J connectivity index is 2.52. The fourth-order valence-electron chi connectivity index (χ4n) is 1.17. The fraction of sp³-hybridized carbons (Fsp3) is 0. The normalized spacial score (nSPS) is 10.4. The van der Waals surface area contributed by atoms with E-state index in [0.717, 1.165) is 5.56 Å². The molecule has 0 bridgehead atoms. The van der Waals surface area contributed by atoms with Crippen LogP contribution in [-0.4, -0.2) is 9.97 Å². The first-order chi connectivity index (χ1) is 6.66. The van der Waals surface area contributed by atoms with Gasteiger partial charge in [-0.25, -0.2) is 4.98 Å². The summed E-state index contributed by atoms with van der Waals surface area (Å²) in [4.78, 5) is 6.85. The van der Waals surface area contributed by atoms with Crippen molar-refractivity contribution < 1.29 is 0 Å². The highest BCUT2D eigenvalue weighted by molar-refractivity contribution is 6.36. The summed E-state index contributed by atoms with van der Waals surface area (Å²) in [6, 6.07) is 5.23. The number of rotatable bonds is 1. The van der Waals surface area contributed by atoms with E-state index in [1.807, 2.05) is 0 Å². The highest BCUT2D eigenvalue weighted by Gasteiger charge is 2.06. The number of hydrogen-bond donors (Lipinski definition) is 2. The third kappa shape index (κ3) is 1.69. The quantitative estimate of drug-likeness (QED) is 0.788. The van der Waals surface area contributed by atoms with E-state index in [0.29, 0.717) is 21.7 Å². The first kappa shape index (κ1) is 9.37. The second-order valence-corrected chi connectivity index (χ2v) is 3.64. The zero-order chi connectivity index (χ0) is 10.1. The Labute approximate surface area is 90.9 Å². The Bertz CT molecular complexity index is 465. The molecule has 0 saturated carbocycles. The van der Waals surface area contributed by atoms with E-state index in [2.05, 4.69) is 9.97 Å². The summed E-state index contributed by atoms with van der Waals surface area (Å²) < 4.78 is 0. The van der Waals surface area contributed by atoms with Gasteiger partial charge in [0.25, 0.3) is 0 Å². The molecule has 0 saturated heterocycles. The van der Waals surface area contributed by atoms with Crippen molar-refractivity contribution in [1.29, 1.82) is 0 Å². The van der Waals surface area contributed by atoms with Gasteiger partial charge in [-0.15, -0.1) is 0 Å². The number of aromatic amines is 1. The number of nitrogens with one attached hydrogen (secondary N) is 1. The number of H-pyrrole nitrogens is 1. The average molecular weight is 228 g/mol. The van der Waals surface area contributed by atoms with Crippen LogP contribution in [0.2, 0.25) is 10.0 Å². The molecule has 1 heterocycles. The maximum absolute atomic E-state index is 5.99. The molecule has 3 N–H and O–H groups in total. The molecule has 0 aliphatic carbocycles. The first-order valence-corrected chi connectivity index (χ1v) is 4.69. The van der Waals surface area contributed by atoms with Crippen LogP contribution in [0.25, 0.3) is 11.3 Å². The SMILES string of the molecule is Nc1nc(-c2ccc(Cl)cc2Cl)c[nH]1. The van der Waals surface area contributed by atoms with Crippen LogP contribution in [0.15, 0.2) is 24.4 Å². The monoisotopic (exact) mass is 227 g/mol. The van der Waals surface area contributed by atoms with Gasteiger partial charge in [0.2, 0.25) is 0 Å². The Morgan fingerprint density at radius 2 is 2.07 bits per heavy atom. The van der Waals surface area contributed by atoms with Gasteiger partial charge in [-0.3, -0.25) is 0 Å². The predicted octanol–water partition coefficient (Wildman–Crippen LogP) is 2.97. The molecule has 2 aromatic rings. The maximum Gasteiger partial charge on any atom is 0.198 e. The number of nitrogens with two attached hydrogens (primary N) is 1. The smallest absolute Gasteiger partial charge is 0.198 e. The summed E-state index contributed by atoms with van der Waals surface area (Å²) in [5.74, 6) is 0.367. The molecule has 72 valence electrons. The van der Waals surface area contributed by atoms with Gasteiger partial charge in [-0.05, 0) is 18.2 Å². The molecule has 0 fully saturated rings. The second-order valence-electron chi connectivity index (χ2n) is 2.80. The number of nitrogen functional groups attached to an aromatic ring is 1. The molecule has 0 atom stereocenters. The molecule has 0 unspecified atom stereocenters. The number of benzene rings is 1. The number of imidazole rings is 1. The predicted molar refractivity (Wildman–Crippen MR) is 58.5 cm³/mol. The lowest BCUT2D eigenvalue weighted by Crippen LogP contribution is -1.85. The van der Waals surface area contributed by atoms with Crippen molar-refractivity contribution in [3.63, 3.8) is 0 Å². The van der Waals surface area contributed by atoms with Crippen LogP contribution in [0, 0.1) is 0 Å². The van der Waals surface area contributed by atoms with E-state index in [1.165, 1.54) is 0 Å². The Morgan fingerprint density at radius 1 is 1.29 bits per heavy atom. The molecule has 5 heteroatoms. The summed E-state index contributed by atoms with van der Waals surface area (Å²) in [6.07, 6.45) is 1.70. The van der Waals surface area contributed by atoms with Crippen LogP contribution in [0.4, 0.5) is 5.95 Å². The minimum absolute atomic E-state index is 0.367. The molecule has 1 aromatic heterocycles. The van der Waals surface area contributed by atoms with Gasteiger partial charge >= 0.3 is 0 Å². The van der Waals surface area contributed by atoms with E-state index in [1.54, 1.807) is 24.4 Å². The molecule has 0 aliphatic heterocycles. The lowest BCUT2D eigenvalue weighted by Gasteiger charge is -1.99. The standard InChI is InChI=1S/C9H7Cl2N3/c10-5-1-2-6(7(11)3-5)8-4-13-9(12)14-8/h1-4H,(H3,12,13,14). The number of hydrogen-bond acceptors (Lipinski definition) is 2. The average Bonchev–Trinajstić information content (AvgIpc) is 2.51. The van der Waals surface area contributed by atoms with Crippen LogP contribution >= 0.6 is 23.2 Å². The molecule has 0 radical (unpaired) electrons. The van der Waals surface area contributed by atoms with E-state index in [-0.39, 0.29) is 0 Å². The number of anilines is 1. The second kappa shape index (κ2) is 3.52. The van der Waals surface area contributed by atoms with Gasteiger partial charge < -0.3 is 10.7 Å². The minimum Gasteiger partial charge on any atom is -0.369 e. The topological polar surface area (TPSA) is 54.7 Å². The summed E-state index contributed by atoms with van der Waals surface area (Å²) >= 11 is 11.8. The van der Waals surface area contributed by atoms with E-state index in [9.17, 15) is 0 Å². The van der Waals surface area contributed by atoms with Gasteiger partial charge in [-0.1, -0.05) is 23.2 Å². The van der Waals surface area contributed by atoms with Crippen molar-refractivity contribution in [1.82, 2.24) is 9.97 Å². The van der Waals surface area contributed by atoms with Gasteiger partial charge in [-0.2, -0.15) is 0 Å². The van der Waals surface area contributed by atoms with Crippen molar-refractivity contribution in [3.8, 4) is 11.3 Å². The highest BCUT2D eigenvalue weighted by atomic mass is 35.5. The van der Waals surface area contributed by atoms with Crippen molar-refractivity contribution in [2.45, 2.75) is 0 Å². The molecular weight excluding hydrogens is 221 g/mol. The molecule has 3 nitrogen and oxygen atoms in total. The lowest BCUT2D eigenvalue weighted by molar-refractivity contribution is 1.33. The minimum atomic E-state index is 0.367. The Hall–Kier alpha value is -1.19. The van der Waals surface area contributed by atoms with Crippen LogP contribution in [0.3, 0.4) is 0 Å². The Kier molecular flexibility index (Phi) is 2.35. The van der Waals surface area contributed by atoms with Crippen molar-refractivity contribution >= 4 is 29.2 Å². The summed E-state index contributed by atoms with van der Waals surface area (Å²) in [5, 5.41) is 1.16. The van der Waals surface area contributed by atoms with Gasteiger partial charge in [0.15, 0.2) is 5.95 Å². The number of nitrogens with zero attached hydrogens (tertiary/aromatic N) is 1. The molecule has 0 amide bonds. The number of aromatic nitrogens is 2. The van der Waals surface area contributed by atoms with Gasteiger partial charge in [0.1, 0.15) is 0 Å². The van der Waals surface area contributed by atoms with Crippen molar-refractivity contribution in [3.05, 3.63) is 34.4 Å². The maximum atomic E-state index is 5.99. The van der Waals surface area contributed by atoms with Gasteiger partial charge in [0.05, 0.1) is 10.7 Å². The van der Waals surface area contributed by atoms with Crippen molar-refractivity contribution in [2.75, 3.05) is 5.73 Å². The van der Waals surface area contributed by atoms with E-state index < -0.39 is 0 Å². The molecule has 14 heavy (non-hydrogen) atoms.